The van der Waals surface area contributed by atoms with Crippen LogP contribution in [0.1, 0.15) is 18.9 Å². The summed E-state index contributed by atoms with van der Waals surface area (Å²) in [6.07, 6.45) is 0.319. The van der Waals surface area contributed by atoms with E-state index in [-0.39, 0.29) is 11.7 Å². The second-order valence-electron chi connectivity index (χ2n) is 6.26. The summed E-state index contributed by atoms with van der Waals surface area (Å²) in [6, 6.07) is 6.14. The number of ether oxygens (including phenoxy) is 1. The van der Waals surface area contributed by atoms with Crippen LogP contribution in [0, 0.1) is 5.82 Å². The number of morpholine rings is 1. The van der Waals surface area contributed by atoms with Gasteiger partial charge in [0.2, 0.25) is 5.60 Å². The molecule has 1 amide bonds. The Bertz CT molecular complexity index is 631. The average Bonchev–Trinajstić information content (AvgIpc) is 3.00. The van der Waals surface area contributed by atoms with Crippen LogP contribution in [0.4, 0.5) is 4.39 Å². The Labute approximate surface area is 140 Å². The fraction of sp³-hybridized carbons (Fsp3) is 0.529. The Kier molecular flexibility index (Phi) is 5.11. The van der Waals surface area contributed by atoms with E-state index < -0.39 is 5.60 Å². The number of amides is 1. The van der Waals surface area contributed by atoms with Crippen molar-refractivity contribution in [3.63, 3.8) is 0 Å². The molecule has 3 rings (SSSR count). The quantitative estimate of drug-likeness (QED) is 0.877. The standard InChI is InChI=1S/C17H22FN3O3/c1-17(16(22)19-5-6-21-7-9-23-10-8-21)12-15(20-24-17)13-3-2-4-14(18)11-13/h2-4,11H,5-10,12H2,1H3,(H,19,22)/t17-/m1/s1. The van der Waals surface area contributed by atoms with Crippen molar-refractivity contribution in [3.8, 4) is 0 Å². The van der Waals surface area contributed by atoms with Gasteiger partial charge in [-0.2, -0.15) is 0 Å². The number of halogens is 1. The third-order valence-corrected chi connectivity index (χ3v) is 4.32. The third kappa shape index (κ3) is 3.91. The van der Waals surface area contributed by atoms with Gasteiger partial charge in [0.05, 0.1) is 18.9 Å². The second kappa shape index (κ2) is 7.27. The van der Waals surface area contributed by atoms with E-state index in [1.807, 2.05) is 0 Å². The van der Waals surface area contributed by atoms with E-state index in [4.69, 9.17) is 9.57 Å². The maximum Gasteiger partial charge on any atom is 0.267 e. The summed E-state index contributed by atoms with van der Waals surface area (Å²) in [6.45, 7) is 6.27. The minimum Gasteiger partial charge on any atom is -0.379 e. The number of nitrogens with one attached hydrogen (secondary N) is 1. The molecule has 6 nitrogen and oxygen atoms in total. The van der Waals surface area contributed by atoms with Crippen LogP contribution in [0.2, 0.25) is 0 Å². The molecule has 1 atom stereocenters. The molecule has 0 aliphatic carbocycles. The van der Waals surface area contributed by atoms with Crippen molar-refractivity contribution in [3.05, 3.63) is 35.6 Å². The Morgan fingerprint density at radius 1 is 1.42 bits per heavy atom. The van der Waals surface area contributed by atoms with E-state index in [0.717, 1.165) is 32.8 Å². The van der Waals surface area contributed by atoms with Crippen LogP contribution >= 0.6 is 0 Å². The zero-order valence-electron chi connectivity index (χ0n) is 13.8. The summed E-state index contributed by atoms with van der Waals surface area (Å²) in [5, 5.41) is 6.88. The van der Waals surface area contributed by atoms with Gasteiger partial charge in [0.1, 0.15) is 5.82 Å². The topological polar surface area (TPSA) is 63.2 Å². The van der Waals surface area contributed by atoms with Gasteiger partial charge in [-0.05, 0) is 19.1 Å². The van der Waals surface area contributed by atoms with E-state index in [1.54, 1.807) is 19.1 Å². The van der Waals surface area contributed by atoms with Crippen molar-refractivity contribution in [2.75, 3.05) is 39.4 Å². The molecule has 0 radical (unpaired) electrons. The predicted octanol–water partition coefficient (Wildman–Crippen LogP) is 1.16. The zero-order chi connectivity index (χ0) is 17.0. The smallest absolute Gasteiger partial charge is 0.267 e. The molecule has 7 heteroatoms. The lowest BCUT2D eigenvalue weighted by molar-refractivity contribution is -0.141. The highest BCUT2D eigenvalue weighted by Gasteiger charge is 2.42. The molecule has 0 aromatic heterocycles. The summed E-state index contributed by atoms with van der Waals surface area (Å²) < 4.78 is 18.6. The molecular formula is C17H22FN3O3. The van der Waals surface area contributed by atoms with Crippen molar-refractivity contribution in [1.29, 1.82) is 0 Å². The minimum atomic E-state index is -1.05. The molecule has 0 spiro atoms. The van der Waals surface area contributed by atoms with Crippen LogP contribution in [0.15, 0.2) is 29.4 Å². The van der Waals surface area contributed by atoms with E-state index in [2.05, 4.69) is 15.4 Å². The monoisotopic (exact) mass is 335 g/mol. The highest BCUT2D eigenvalue weighted by Crippen LogP contribution is 2.27. The van der Waals surface area contributed by atoms with Crippen LogP contribution < -0.4 is 5.32 Å². The van der Waals surface area contributed by atoms with Gasteiger partial charge in [0.15, 0.2) is 0 Å². The summed E-state index contributed by atoms with van der Waals surface area (Å²) >= 11 is 0. The Morgan fingerprint density at radius 2 is 2.21 bits per heavy atom. The maximum absolute atomic E-state index is 13.3. The molecule has 130 valence electrons. The Morgan fingerprint density at radius 3 is 2.96 bits per heavy atom. The first kappa shape index (κ1) is 16.9. The van der Waals surface area contributed by atoms with E-state index in [9.17, 15) is 9.18 Å². The molecule has 0 unspecified atom stereocenters. The van der Waals surface area contributed by atoms with Crippen molar-refractivity contribution in [2.45, 2.75) is 18.9 Å². The van der Waals surface area contributed by atoms with Gasteiger partial charge < -0.3 is 14.9 Å². The molecule has 2 heterocycles. The minimum absolute atomic E-state index is 0.203. The van der Waals surface area contributed by atoms with Gasteiger partial charge in [0, 0.05) is 38.2 Å². The molecule has 0 bridgehead atoms. The molecule has 1 aromatic rings. The summed E-state index contributed by atoms with van der Waals surface area (Å²) in [7, 11) is 0. The van der Waals surface area contributed by atoms with Crippen molar-refractivity contribution < 1.29 is 18.8 Å². The van der Waals surface area contributed by atoms with E-state index >= 15 is 0 Å². The molecular weight excluding hydrogens is 313 g/mol. The molecule has 24 heavy (non-hydrogen) atoms. The number of nitrogens with zero attached hydrogens (tertiary/aromatic N) is 2. The number of hydrogen-bond acceptors (Lipinski definition) is 5. The largest absolute Gasteiger partial charge is 0.379 e. The number of rotatable bonds is 5. The van der Waals surface area contributed by atoms with Crippen LogP contribution in [-0.2, 0) is 14.4 Å². The summed E-state index contributed by atoms with van der Waals surface area (Å²) in [5.74, 6) is -0.537. The maximum atomic E-state index is 13.3. The van der Waals surface area contributed by atoms with Gasteiger partial charge >= 0.3 is 0 Å². The molecule has 1 saturated heterocycles. The van der Waals surface area contributed by atoms with Gasteiger partial charge in [-0.3, -0.25) is 9.69 Å². The van der Waals surface area contributed by atoms with Gasteiger partial charge in [-0.1, -0.05) is 17.3 Å². The molecule has 1 N–H and O–H groups in total. The predicted molar refractivity (Wildman–Crippen MR) is 87.3 cm³/mol. The summed E-state index contributed by atoms with van der Waals surface area (Å²) in [5.41, 5.74) is 0.173. The van der Waals surface area contributed by atoms with Gasteiger partial charge in [0.25, 0.3) is 5.91 Å². The van der Waals surface area contributed by atoms with Crippen molar-refractivity contribution in [1.82, 2.24) is 10.2 Å². The number of benzene rings is 1. The van der Waals surface area contributed by atoms with Crippen LogP contribution in [0.25, 0.3) is 0 Å². The first-order chi connectivity index (χ1) is 11.6. The fourth-order valence-corrected chi connectivity index (χ4v) is 2.82. The van der Waals surface area contributed by atoms with E-state index in [0.29, 0.717) is 24.2 Å². The van der Waals surface area contributed by atoms with Gasteiger partial charge in [-0.25, -0.2) is 4.39 Å². The Hall–Kier alpha value is -1.99. The normalized spacial score (nSPS) is 24.3. The number of carbonyl (C=O) groups excluding carboxylic acids is 1. The van der Waals surface area contributed by atoms with Gasteiger partial charge in [-0.15, -0.1) is 0 Å². The zero-order valence-corrected chi connectivity index (χ0v) is 13.8. The first-order valence-electron chi connectivity index (χ1n) is 8.16. The SMILES string of the molecule is C[C@]1(C(=O)NCCN2CCOCC2)CC(c2cccc(F)c2)=NO1. The molecule has 0 saturated carbocycles. The highest BCUT2D eigenvalue weighted by molar-refractivity contribution is 6.05. The highest BCUT2D eigenvalue weighted by atomic mass is 19.1. The van der Waals surface area contributed by atoms with E-state index in [1.165, 1.54) is 12.1 Å². The van der Waals surface area contributed by atoms with Crippen LogP contribution in [0.5, 0.6) is 0 Å². The lowest BCUT2D eigenvalue weighted by atomic mass is 9.95. The van der Waals surface area contributed by atoms with Crippen LogP contribution in [0.3, 0.4) is 0 Å². The summed E-state index contributed by atoms with van der Waals surface area (Å²) in [4.78, 5) is 20.0. The fourth-order valence-electron chi connectivity index (χ4n) is 2.82. The van der Waals surface area contributed by atoms with Crippen molar-refractivity contribution in [2.24, 2.45) is 5.16 Å². The lowest BCUT2D eigenvalue weighted by Gasteiger charge is -2.27. The number of carbonyl (C=O) groups is 1. The molecule has 2 aliphatic heterocycles. The number of hydrogen-bond donors (Lipinski definition) is 1. The van der Waals surface area contributed by atoms with Crippen LogP contribution in [-0.4, -0.2) is 61.5 Å². The third-order valence-electron chi connectivity index (χ3n) is 4.32. The number of oxime groups is 1. The first-order valence-corrected chi connectivity index (χ1v) is 8.16. The molecule has 1 aromatic carbocycles. The average molecular weight is 335 g/mol. The molecule has 1 fully saturated rings. The second-order valence-corrected chi connectivity index (χ2v) is 6.26. The lowest BCUT2D eigenvalue weighted by Crippen LogP contribution is -2.48. The Balaban J connectivity index is 1.50. The molecule has 2 aliphatic rings. The van der Waals surface area contributed by atoms with Crippen molar-refractivity contribution >= 4 is 11.6 Å².